The van der Waals surface area contributed by atoms with E-state index in [1.54, 1.807) is 31.2 Å². The molecule has 1 aliphatic rings. The Morgan fingerprint density at radius 2 is 1.69 bits per heavy atom. The number of aliphatic hydroxyl groups is 1. The van der Waals surface area contributed by atoms with Gasteiger partial charge >= 0.3 is 0 Å². The zero-order chi connectivity index (χ0) is 11.7. The number of benzene rings is 1. The summed E-state index contributed by atoms with van der Waals surface area (Å²) in [5.41, 5.74) is 0.912. The van der Waals surface area contributed by atoms with Crippen LogP contribution in [0.15, 0.2) is 24.3 Å². The smallest absolute Gasteiger partial charge is 0.261 e. The molecule has 0 fully saturated rings. The number of hydrogen-bond acceptors (Lipinski definition) is 3. The molecule has 0 saturated carbocycles. The Bertz CT molecular complexity index is 407. The van der Waals surface area contributed by atoms with Crippen LogP contribution in [0.1, 0.15) is 27.6 Å². The van der Waals surface area contributed by atoms with Crippen LogP contribution in [0.25, 0.3) is 0 Å². The van der Waals surface area contributed by atoms with Gasteiger partial charge in [-0.05, 0) is 18.1 Å². The molecule has 4 nitrogen and oxygen atoms in total. The van der Waals surface area contributed by atoms with E-state index >= 15 is 0 Å². The van der Waals surface area contributed by atoms with Crippen LogP contribution in [0.5, 0.6) is 0 Å². The summed E-state index contributed by atoms with van der Waals surface area (Å²) in [7, 11) is 0. The van der Waals surface area contributed by atoms with Crippen molar-refractivity contribution in [3.63, 3.8) is 0 Å². The minimum Gasteiger partial charge on any atom is -0.396 e. The first-order valence-corrected chi connectivity index (χ1v) is 5.21. The molecule has 0 aliphatic carbocycles. The van der Waals surface area contributed by atoms with E-state index in [4.69, 9.17) is 5.11 Å². The Morgan fingerprint density at radius 3 is 2.12 bits per heavy atom. The van der Waals surface area contributed by atoms with Crippen molar-refractivity contribution in [1.29, 1.82) is 0 Å². The van der Waals surface area contributed by atoms with Crippen molar-refractivity contribution >= 4 is 11.8 Å². The van der Waals surface area contributed by atoms with Crippen molar-refractivity contribution in [2.24, 2.45) is 5.92 Å². The summed E-state index contributed by atoms with van der Waals surface area (Å²) in [6.07, 6.45) is 0. The first kappa shape index (κ1) is 10.8. The number of carbonyl (C=O) groups is 2. The molecule has 2 amide bonds. The molecule has 0 aromatic heterocycles. The molecule has 0 unspecified atom stereocenters. The lowest BCUT2D eigenvalue weighted by atomic mass is 10.1. The lowest BCUT2D eigenvalue weighted by molar-refractivity contribution is 0.0614. The van der Waals surface area contributed by atoms with E-state index in [9.17, 15) is 9.59 Å². The number of aliphatic hydroxyl groups excluding tert-OH is 1. The van der Waals surface area contributed by atoms with Gasteiger partial charge in [0, 0.05) is 13.2 Å². The zero-order valence-electron chi connectivity index (χ0n) is 9.01. The van der Waals surface area contributed by atoms with Crippen molar-refractivity contribution in [2.45, 2.75) is 6.92 Å². The van der Waals surface area contributed by atoms with Gasteiger partial charge in [-0.2, -0.15) is 0 Å². The number of amides is 2. The lowest BCUT2D eigenvalue weighted by Gasteiger charge is -2.17. The normalized spacial score (nSPS) is 16.5. The Morgan fingerprint density at radius 1 is 1.19 bits per heavy atom. The summed E-state index contributed by atoms with van der Waals surface area (Å²) < 4.78 is 0. The van der Waals surface area contributed by atoms with Crippen LogP contribution in [0.3, 0.4) is 0 Å². The SMILES string of the molecule is C[C@H](CO)CN1C(=O)c2ccccc2C1=O. The molecule has 1 atom stereocenters. The molecular formula is C12H13NO3. The highest BCUT2D eigenvalue weighted by Crippen LogP contribution is 2.22. The quantitative estimate of drug-likeness (QED) is 0.769. The van der Waals surface area contributed by atoms with Gasteiger partial charge in [0.05, 0.1) is 11.1 Å². The van der Waals surface area contributed by atoms with Crippen molar-refractivity contribution in [3.8, 4) is 0 Å². The van der Waals surface area contributed by atoms with Gasteiger partial charge in [-0.25, -0.2) is 0 Å². The molecule has 1 N–H and O–H groups in total. The van der Waals surface area contributed by atoms with E-state index in [1.165, 1.54) is 4.90 Å². The Balaban J connectivity index is 2.28. The number of imide groups is 1. The molecular weight excluding hydrogens is 206 g/mol. The minimum atomic E-state index is -0.263. The fourth-order valence-corrected chi connectivity index (χ4v) is 1.77. The average molecular weight is 219 g/mol. The second kappa shape index (κ2) is 4.06. The molecule has 0 bridgehead atoms. The summed E-state index contributed by atoms with van der Waals surface area (Å²) in [5, 5.41) is 8.94. The third-order valence-corrected chi connectivity index (χ3v) is 2.68. The van der Waals surface area contributed by atoms with E-state index in [1.807, 2.05) is 0 Å². The predicted octanol–water partition coefficient (Wildman–Crippen LogP) is 0.911. The van der Waals surface area contributed by atoms with Crippen LogP contribution < -0.4 is 0 Å². The molecule has 0 spiro atoms. The second-order valence-electron chi connectivity index (χ2n) is 4.05. The fourth-order valence-electron chi connectivity index (χ4n) is 1.77. The van der Waals surface area contributed by atoms with Crippen LogP contribution in [-0.2, 0) is 0 Å². The highest BCUT2D eigenvalue weighted by Gasteiger charge is 2.35. The molecule has 0 radical (unpaired) electrons. The van der Waals surface area contributed by atoms with E-state index in [-0.39, 0.29) is 30.9 Å². The maximum absolute atomic E-state index is 11.9. The highest BCUT2D eigenvalue weighted by atomic mass is 16.3. The summed E-state index contributed by atoms with van der Waals surface area (Å²) in [6.45, 7) is 2.03. The summed E-state index contributed by atoms with van der Waals surface area (Å²) in [5.74, 6) is -0.621. The van der Waals surface area contributed by atoms with Gasteiger partial charge in [-0.15, -0.1) is 0 Å². The van der Waals surface area contributed by atoms with Gasteiger partial charge in [-0.3, -0.25) is 14.5 Å². The maximum atomic E-state index is 11.9. The topological polar surface area (TPSA) is 57.6 Å². The number of carbonyl (C=O) groups excluding carboxylic acids is 2. The minimum absolute atomic E-state index is 0.0343. The Kier molecular flexibility index (Phi) is 2.75. The third-order valence-electron chi connectivity index (χ3n) is 2.68. The highest BCUT2D eigenvalue weighted by molar-refractivity contribution is 6.21. The van der Waals surface area contributed by atoms with Crippen LogP contribution in [-0.4, -0.2) is 35.0 Å². The van der Waals surface area contributed by atoms with Gasteiger partial charge in [0.2, 0.25) is 0 Å². The fraction of sp³-hybridized carbons (Fsp3) is 0.333. The zero-order valence-corrected chi connectivity index (χ0v) is 9.01. The van der Waals surface area contributed by atoms with Gasteiger partial charge in [0.25, 0.3) is 11.8 Å². The second-order valence-corrected chi connectivity index (χ2v) is 4.05. The van der Waals surface area contributed by atoms with Crippen molar-refractivity contribution in [3.05, 3.63) is 35.4 Å². The van der Waals surface area contributed by atoms with E-state index < -0.39 is 0 Å². The van der Waals surface area contributed by atoms with Gasteiger partial charge < -0.3 is 5.11 Å². The summed E-state index contributed by atoms with van der Waals surface area (Å²) in [6, 6.07) is 6.78. The number of hydrogen-bond donors (Lipinski definition) is 1. The van der Waals surface area contributed by atoms with Crippen LogP contribution in [0.4, 0.5) is 0 Å². The van der Waals surface area contributed by atoms with Gasteiger partial charge in [-0.1, -0.05) is 19.1 Å². The monoisotopic (exact) mass is 219 g/mol. The van der Waals surface area contributed by atoms with Crippen molar-refractivity contribution in [2.75, 3.05) is 13.2 Å². The standard InChI is InChI=1S/C12H13NO3/c1-8(7-14)6-13-11(15)9-4-2-3-5-10(9)12(13)16/h2-5,8,14H,6-7H2,1H3/t8-/m0/s1. The van der Waals surface area contributed by atoms with Crippen LogP contribution >= 0.6 is 0 Å². The largest absolute Gasteiger partial charge is 0.396 e. The van der Waals surface area contributed by atoms with Crippen molar-refractivity contribution in [1.82, 2.24) is 4.90 Å². The molecule has 2 rings (SSSR count). The molecule has 1 heterocycles. The molecule has 0 saturated heterocycles. The Labute approximate surface area is 93.5 Å². The number of nitrogens with zero attached hydrogens (tertiary/aromatic N) is 1. The van der Waals surface area contributed by atoms with Crippen LogP contribution in [0.2, 0.25) is 0 Å². The summed E-state index contributed by atoms with van der Waals surface area (Å²) in [4.78, 5) is 25.0. The predicted molar refractivity (Wildman–Crippen MR) is 58.1 cm³/mol. The van der Waals surface area contributed by atoms with E-state index in [2.05, 4.69) is 0 Å². The first-order valence-electron chi connectivity index (χ1n) is 5.21. The van der Waals surface area contributed by atoms with Gasteiger partial charge in [0.15, 0.2) is 0 Å². The average Bonchev–Trinajstić information content (AvgIpc) is 2.55. The van der Waals surface area contributed by atoms with Crippen molar-refractivity contribution < 1.29 is 14.7 Å². The molecule has 1 aromatic rings. The van der Waals surface area contributed by atoms with E-state index in [0.717, 1.165) is 0 Å². The maximum Gasteiger partial charge on any atom is 0.261 e. The number of rotatable bonds is 3. The third kappa shape index (κ3) is 1.61. The summed E-state index contributed by atoms with van der Waals surface area (Å²) >= 11 is 0. The van der Waals surface area contributed by atoms with Gasteiger partial charge in [0.1, 0.15) is 0 Å². The lowest BCUT2D eigenvalue weighted by Crippen LogP contribution is -2.34. The van der Waals surface area contributed by atoms with E-state index in [0.29, 0.717) is 11.1 Å². The van der Waals surface area contributed by atoms with Crippen LogP contribution in [0, 0.1) is 5.92 Å². The molecule has 84 valence electrons. The number of fused-ring (bicyclic) bond motifs is 1. The first-order chi connectivity index (χ1) is 7.65. The molecule has 1 aliphatic heterocycles. The molecule has 16 heavy (non-hydrogen) atoms. The molecule has 1 aromatic carbocycles. The molecule has 4 heteroatoms. The Hall–Kier alpha value is -1.68.